The van der Waals surface area contributed by atoms with Crippen molar-refractivity contribution < 1.29 is 4.74 Å². The van der Waals surface area contributed by atoms with Crippen LogP contribution in [0.4, 0.5) is 0 Å². The molecule has 1 saturated heterocycles. The molecule has 1 N–H and O–H groups in total. The van der Waals surface area contributed by atoms with Crippen LogP contribution in [0.15, 0.2) is 27.8 Å². The molecule has 2 heterocycles. The van der Waals surface area contributed by atoms with Crippen molar-refractivity contribution in [1.82, 2.24) is 14.5 Å². The second kappa shape index (κ2) is 5.37. The third-order valence-corrected chi connectivity index (χ3v) is 4.20. The average molecular weight is 289 g/mol. The van der Waals surface area contributed by atoms with Gasteiger partial charge in [-0.1, -0.05) is 6.92 Å². The molecule has 6 heteroatoms. The number of aromatic amines is 1. The summed E-state index contributed by atoms with van der Waals surface area (Å²) in [5.74, 6) is 0.619. The number of likely N-dealkylation sites (N-methyl/N-ethyl adjacent to an activating group) is 1. The highest BCUT2D eigenvalue weighted by Crippen LogP contribution is 2.20. The first-order chi connectivity index (χ1) is 10.1. The van der Waals surface area contributed by atoms with Gasteiger partial charge in [0.2, 0.25) is 0 Å². The van der Waals surface area contributed by atoms with Crippen LogP contribution in [0.3, 0.4) is 0 Å². The minimum Gasteiger partial charge on any atom is -0.497 e. The Labute approximate surface area is 122 Å². The van der Waals surface area contributed by atoms with Gasteiger partial charge in [-0.15, -0.1) is 0 Å². The summed E-state index contributed by atoms with van der Waals surface area (Å²) < 4.78 is 6.49. The molecule has 0 amide bonds. The van der Waals surface area contributed by atoms with Crippen molar-refractivity contribution in [2.45, 2.75) is 19.4 Å². The van der Waals surface area contributed by atoms with E-state index in [9.17, 15) is 9.59 Å². The van der Waals surface area contributed by atoms with E-state index in [2.05, 4.69) is 16.8 Å². The Morgan fingerprint density at radius 1 is 1.38 bits per heavy atom. The molecule has 0 bridgehead atoms. The van der Waals surface area contributed by atoms with Gasteiger partial charge in [-0.3, -0.25) is 9.36 Å². The molecule has 1 aliphatic rings. The summed E-state index contributed by atoms with van der Waals surface area (Å²) in [5.41, 5.74) is -0.0472. The fraction of sp³-hybridized carbons (Fsp3) is 0.467. The SMILES string of the molecule is CCN1CCC(n2c(=O)[nH]c3cc(OC)ccc3c2=O)C1. The number of hydrogen-bond donors (Lipinski definition) is 1. The predicted molar refractivity (Wildman–Crippen MR) is 81.1 cm³/mol. The maximum atomic E-state index is 12.6. The molecule has 1 aliphatic heterocycles. The Morgan fingerprint density at radius 3 is 2.86 bits per heavy atom. The van der Waals surface area contributed by atoms with E-state index in [4.69, 9.17) is 4.74 Å². The summed E-state index contributed by atoms with van der Waals surface area (Å²) in [6.07, 6.45) is 0.832. The molecule has 0 aliphatic carbocycles. The van der Waals surface area contributed by atoms with Crippen LogP contribution in [0.5, 0.6) is 5.75 Å². The number of likely N-dealkylation sites (tertiary alicyclic amines) is 1. The molecule has 0 saturated carbocycles. The molecule has 1 aromatic heterocycles. The number of ether oxygens (including phenoxy) is 1. The molecule has 1 atom stereocenters. The standard InChI is InChI=1S/C15H19N3O3/c1-3-17-7-6-10(9-17)18-14(19)12-5-4-11(21-2)8-13(12)16-15(18)20/h4-5,8,10H,3,6-7,9H2,1-2H3,(H,16,20). The number of methoxy groups -OCH3 is 1. The van der Waals surface area contributed by atoms with Gasteiger partial charge in [-0.2, -0.15) is 0 Å². The molecule has 21 heavy (non-hydrogen) atoms. The summed E-state index contributed by atoms with van der Waals surface area (Å²) in [4.78, 5) is 29.9. The van der Waals surface area contributed by atoms with Crippen molar-refractivity contribution in [3.05, 3.63) is 39.0 Å². The van der Waals surface area contributed by atoms with Gasteiger partial charge in [0.05, 0.1) is 24.1 Å². The summed E-state index contributed by atoms with van der Waals surface area (Å²) in [5, 5.41) is 0.519. The topological polar surface area (TPSA) is 67.3 Å². The van der Waals surface area contributed by atoms with Crippen LogP contribution in [-0.4, -0.2) is 41.2 Å². The summed E-state index contributed by atoms with van der Waals surface area (Å²) in [6.45, 7) is 4.70. The van der Waals surface area contributed by atoms with E-state index in [1.807, 2.05) is 0 Å². The van der Waals surface area contributed by atoms with Crippen molar-refractivity contribution in [2.24, 2.45) is 0 Å². The number of rotatable bonds is 3. The Morgan fingerprint density at radius 2 is 2.19 bits per heavy atom. The summed E-state index contributed by atoms with van der Waals surface area (Å²) in [7, 11) is 1.55. The van der Waals surface area contributed by atoms with Gasteiger partial charge in [-0.25, -0.2) is 4.79 Å². The van der Waals surface area contributed by atoms with E-state index in [1.165, 1.54) is 4.57 Å². The predicted octanol–water partition coefficient (Wildman–Crippen LogP) is 0.965. The van der Waals surface area contributed by atoms with Gasteiger partial charge in [0, 0.05) is 19.2 Å². The molecule has 3 rings (SSSR count). The lowest BCUT2D eigenvalue weighted by molar-refractivity contribution is 0.338. The first-order valence-corrected chi connectivity index (χ1v) is 7.19. The molecule has 1 unspecified atom stereocenters. The summed E-state index contributed by atoms with van der Waals surface area (Å²) >= 11 is 0. The minimum absolute atomic E-state index is 0.0484. The molecular weight excluding hydrogens is 270 g/mol. The van der Waals surface area contributed by atoms with Gasteiger partial charge in [-0.05, 0) is 25.1 Å². The first-order valence-electron chi connectivity index (χ1n) is 7.19. The smallest absolute Gasteiger partial charge is 0.329 e. The number of hydrogen-bond acceptors (Lipinski definition) is 4. The second-order valence-electron chi connectivity index (χ2n) is 5.35. The highest BCUT2D eigenvalue weighted by molar-refractivity contribution is 5.78. The zero-order chi connectivity index (χ0) is 15.0. The van der Waals surface area contributed by atoms with Gasteiger partial charge in [0.25, 0.3) is 5.56 Å². The fourth-order valence-corrected chi connectivity index (χ4v) is 2.98. The van der Waals surface area contributed by atoms with Crippen LogP contribution in [0.25, 0.3) is 10.9 Å². The Bertz CT molecular complexity index is 778. The molecule has 112 valence electrons. The lowest BCUT2D eigenvalue weighted by atomic mass is 10.2. The van der Waals surface area contributed by atoms with Crippen LogP contribution < -0.4 is 16.0 Å². The average Bonchev–Trinajstić information content (AvgIpc) is 2.95. The minimum atomic E-state index is -0.344. The maximum Gasteiger partial charge on any atom is 0.329 e. The van der Waals surface area contributed by atoms with Crippen LogP contribution >= 0.6 is 0 Å². The molecular formula is C15H19N3O3. The first kappa shape index (κ1) is 13.9. The largest absolute Gasteiger partial charge is 0.497 e. The zero-order valence-electron chi connectivity index (χ0n) is 12.3. The van der Waals surface area contributed by atoms with Crippen LogP contribution in [0.1, 0.15) is 19.4 Å². The Hall–Kier alpha value is -2.08. The quantitative estimate of drug-likeness (QED) is 0.914. The number of aromatic nitrogens is 2. The molecule has 0 spiro atoms. The Kier molecular flexibility index (Phi) is 3.55. The van der Waals surface area contributed by atoms with Crippen molar-refractivity contribution in [1.29, 1.82) is 0 Å². The third-order valence-electron chi connectivity index (χ3n) is 4.20. The van der Waals surface area contributed by atoms with E-state index >= 15 is 0 Å². The molecule has 0 radical (unpaired) electrons. The molecule has 1 aromatic carbocycles. The second-order valence-corrected chi connectivity index (χ2v) is 5.35. The highest BCUT2D eigenvalue weighted by atomic mass is 16.5. The third kappa shape index (κ3) is 2.35. The van der Waals surface area contributed by atoms with Gasteiger partial charge in [0.15, 0.2) is 0 Å². The van der Waals surface area contributed by atoms with Gasteiger partial charge >= 0.3 is 5.69 Å². The number of H-pyrrole nitrogens is 1. The number of fused-ring (bicyclic) bond motifs is 1. The Balaban J connectivity index is 2.12. The van der Waals surface area contributed by atoms with Crippen molar-refractivity contribution in [3.8, 4) is 5.75 Å². The fourth-order valence-electron chi connectivity index (χ4n) is 2.98. The van der Waals surface area contributed by atoms with Crippen LogP contribution in [-0.2, 0) is 0 Å². The molecule has 2 aromatic rings. The van der Waals surface area contributed by atoms with E-state index in [0.29, 0.717) is 16.7 Å². The number of nitrogens with one attached hydrogen (secondary N) is 1. The van der Waals surface area contributed by atoms with Gasteiger partial charge < -0.3 is 14.6 Å². The van der Waals surface area contributed by atoms with Crippen molar-refractivity contribution in [3.63, 3.8) is 0 Å². The lowest BCUT2D eigenvalue weighted by Crippen LogP contribution is -2.39. The van der Waals surface area contributed by atoms with Crippen LogP contribution in [0.2, 0.25) is 0 Å². The van der Waals surface area contributed by atoms with E-state index in [-0.39, 0.29) is 17.3 Å². The monoisotopic (exact) mass is 289 g/mol. The number of nitrogens with zero attached hydrogens (tertiary/aromatic N) is 2. The lowest BCUT2D eigenvalue weighted by Gasteiger charge is -2.15. The van der Waals surface area contributed by atoms with E-state index in [0.717, 1.165) is 26.1 Å². The maximum absolute atomic E-state index is 12.6. The number of benzene rings is 1. The molecule has 1 fully saturated rings. The highest BCUT2D eigenvalue weighted by Gasteiger charge is 2.25. The normalized spacial score (nSPS) is 19.2. The molecule has 6 nitrogen and oxygen atoms in total. The van der Waals surface area contributed by atoms with Gasteiger partial charge in [0.1, 0.15) is 5.75 Å². The van der Waals surface area contributed by atoms with E-state index in [1.54, 1.807) is 25.3 Å². The van der Waals surface area contributed by atoms with Crippen LogP contribution in [0, 0.1) is 0 Å². The zero-order valence-corrected chi connectivity index (χ0v) is 12.3. The van der Waals surface area contributed by atoms with E-state index < -0.39 is 0 Å². The van der Waals surface area contributed by atoms with Crippen molar-refractivity contribution in [2.75, 3.05) is 26.7 Å². The van der Waals surface area contributed by atoms with Crippen molar-refractivity contribution >= 4 is 10.9 Å². The summed E-state index contributed by atoms with van der Waals surface area (Å²) in [6, 6.07) is 5.07.